The van der Waals surface area contributed by atoms with Crippen LogP contribution in [0.3, 0.4) is 0 Å². The molecule has 3 amide bonds. The first-order valence-corrected chi connectivity index (χ1v) is 11.1. The van der Waals surface area contributed by atoms with E-state index in [-0.39, 0.29) is 48.1 Å². The lowest BCUT2D eigenvalue weighted by atomic mass is 9.89. The van der Waals surface area contributed by atoms with E-state index >= 15 is 0 Å². The first-order valence-electron chi connectivity index (χ1n) is 11.1. The molecule has 0 bridgehead atoms. The number of ether oxygens (including phenoxy) is 1. The van der Waals surface area contributed by atoms with Crippen molar-refractivity contribution in [1.29, 1.82) is 0 Å². The first-order chi connectivity index (χ1) is 14.7. The highest BCUT2D eigenvalue weighted by Gasteiger charge is 2.26. The predicted molar refractivity (Wildman–Crippen MR) is 129 cm³/mol. The van der Waals surface area contributed by atoms with Crippen LogP contribution in [0, 0.1) is 16.7 Å². The van der Waals surface area contributed by atoms with E-state index in [1.807, 2.05) is 41.5 Å². The highest BCUT2D eigenvalue weighted by molar-refractivity contribution is 5.85. The fourth-order valence-electron chi connectivity index (χ4n) is 2.95. The number of allylic oxidation sites excluding steroid dienone is 1. The second-order valence-electron chi connectivity index (χ2n) is 10.2. The number of carbonyl (C=O) groups is 3. The van der Waals surface area contributed by atoms with Gasteiger partial charge in [0.15, 0.2) is 0 Å². The standard InChI is InChI=1S/C24H44N4O4/c1-9-10-11-19(29)27-14-24(7,8)16-32-15-23(5,6)12-20(30)26-13-21(31)28-22(17(2)3)18(4)25/h9,17,22H,1,4,10-16,25H2,2-3,5-8H3,(H,26,30)(H,27,29)(H,28,31). The van der Waals surface area contributed by atoms with Gasteiger partial charge in [-0.1, -0.05) is 54.2 Å². The smallest absolute Gasteiger partial charge is 0.239 e. The lowest BCUT2D eigenvalue weighted by molar-refractivity contribution is -0.128. The summed E-state index contributed by atoms with van der Waals surface area (Å²) < 4.78 is 5.86. The van der Waals surface area contributed by atoms with Gasteiger partial charge in [-0.2, -0.15) is 0 Å². The summed E-state index contributed by atoms with van der Waals surface area (Å²) in [5.74, 6) is -0.438. The Kier molecular flexibility index (Phi) is 12.9. The third-order valence-electron chi connectivity index (χ3n) is 4.79. The van der Waals surface area contributed by atoms with Gasteiger partial charge in [0.2, 0.25) is 17.7 Å². The summed E-state index contributed by atoms with van der Waals surface area (Å²) in [6, 6.07) is -0.334. The van der Waals surface area contributed by atoms with Crippen molar-refractivity contribution >= 4 is 17.7 Å². The Labute approximate surface area is 193 Å². The van der Waals surface area contributed by atoms with E-state index in [1.54, 1.807) is 6.08 Å². The van der Waals surface area contributed by atoms with Gasteiger partial charge in [-0.25, -0.2) is 0 Å². The molecule has 8 nitrogen and oxygen atoms in total. The first kappa shape index (κ1) is 29.7. The van der Waals surface area contributed by atoms with Gasteiger partial charge in [0, 0.05) is 30.5 Å². The molecule has 0 fully saturated rings. The van der Waals surface area contributed by atoms with Crippen molar-refractivity contribution in [2.45, 2.75) is 66.8 Å². The van der Waals surface area contributed by atoms with Crippen LogP contribution in [0.2, 0.25) is 0 Å². The van der Waals surface area contributed by atoms with Crippen LogP contribution in [0.15, 0.2) is 24.9 Å². The molecule has 0 aliphatic heterocycles. The van der Waals surface area contributed by atoms with E-state index in [9.17, 15) is 14.4 Å². The van der Waals surface area contributed by atoms with Gasteiger partial charge in [0.25, 0.3) is 0 Å². The quantitative estimate of drug-likeness (QED) is 0.268. The van der Waals surface area contributed by atoms with Crippen LogP contribution in [-0.2, 0) is 19.1 Å². The number of nitrogens with two attached hydrogens (primary N) is 1. The van der Waals surface area contributed by atoms with Gasteiger partial charge < -0.3 is 26.4 Å². The maximum absolute atomic E-state index is 12.3. The molecule has 0 aromatic carbocycles. The second kappa shape index (κ2) is 13.9. The molecule has 0 saturated carbocycles. The lowest BCUT2D eigenvalue weighted by Gasteiger charge is -2.29. The number of hydrogen-bond acceptors (Lipinski definition) is 5. The molecule has 184 valence electrons. The summed E-state index contributed by atoms with van der Waals surface area (Å²) in [5.41, 5.74) is 5.46. The zero-order chi connectivity index (χ0) is 24.9. The molecule has 8 heteroatoms. The minimum absolute atomic E-state index is 0.00509. The Morgan fingerprint density at radius 1 is 1.00 bits per heavy atom. The molecule has 32 heavy (non-hydrogen) atoms. The highest BCUT2D eigenvalue weighted by Crippen LogP contribution is 2.23. The fourth-order valence-corrected chi connectivity index (χ4v) is 2.95. The molecular formula is C24H44N4O4. The molecular weight excluding hydrogens is 408 g/mol. The van der Waals surface area contributed by atoms with Crippen molar-refractivity contribution in [3.05, 3.63) is 24.9 Å². The molecule has 0 saturated heterocycles. The van der Waals surface area contributed by atoms with Crippen molar-refractivity contribution in [2.24, 2.45) is 22.5 Å². The van der Waals surface area contributed by atoms with Gasteiger partial charge in [-0.3, -0.25) is 14.4 Å². The van der Waals surface area contributed by atoms with E-state index in [0.717, 1.165) is 0 Å². The van der Waals surface area contributed by atoms with E-state index < -0.39 is 5.41 Å². The van der Waals surface area contributed by atoms with Gasteiger partial charge in [0.05, 0.1) is 25.8 Å². The summed E-state index contributed by atoms with van der Waals surface area (Å²) in [4.78, 5) is 36.2. The zero-order valence-corrected chi connectivity index (χ0v) is 20.8. The predicted octanol–water partition coefficient (Wildman–Crippen LogP) is 2.26. The van der Waals surface area contributed by atoms with E-state index in [2.05, 4.69) is 29.1 Å². The third kappa shape index (κ3) is 13.9. The molecule has 0 heterocycles. The second-order valence-corrected chi connectivity index (χ2v) is 10.2. The van der Waals surface area contributed by atoms with Crippen molar-refractivity contribution in [3.8, 4) is 0 Å². The van der Waals surface area contributed by atoms with Gasteiger partial charge in [0.1, 0.15) is 0 Å². The molecule has 5 N–H and O–H groups in total. The van der Waals surface area contributed by atoms with Crippen LogP contribution in [0.4, 0.5) is 0 Å². The van der Waals surface area contributed by atoms with Crippen molar-refractivity contribution in [1.82, 2.24) is 16.0 Å². The van der Waals surface area contributed by atoms with Crippen LogP contribution in [0.5, 0.6) is 0 Å². The minimum atomic E-state index is -0.407. The molecule has 0 aliphatic rings. The molecule has 0 radical (unpaired) electrons. The summed E-state index contributed by atoms with van der Waals surface area (Å²) >= 11 is 0. The van der Waals surface area contributed by atoms with Crippen molar-refractivity contribution in [3.63, 3.8) is 0 Å². The van der Waals surface area contributed by atoms with Crippen LogP contribution < -0.4 is 21.7 Å². The van der Waals surface area contributed by atoms with Crippen LogP contribution in [0.1, 0.15) is 60.8 Å². The van der Waals surface area contributed by atoms with Gasteiger partial charge >= 0.3 is 0 Å². The normalized spacial score (nSPS) is 12.7. The number of carbonyl (C=O) groups excluding carboxylic acids is 3. The van der Waals surface area contributed by atoms with Crippen LogP contribution >= 0.6 is 0 Å². The zero-order valence-electron chi connectivity index (χ0n) is 20.8. The Morgan fingerprint density at radius 3 is 2.12 bits per heavy atom. The Morgan fingerprint density at radius 2 is 1.59 bits per heavy atom. The number of amides is 3. The average molecular weight is 453 g/mol. The summed E-state index contributed by atoms with van der Waals surface area (Å²) in [7, 11) is 0. The van der Waals surface area contributed by atoms with Crippen molar-refractivity contribution in [2.75, 3.05) is 26.3 Å². The molecule has 0 aliphatic carbocycles. The average Bonchev–Trinajstić information content (AvgIpc) is 2.66. The maximum atomic E-state index is 12.3. The van der Waals surface area contributed by atoms with Gasteiger partial charge in [-0.05, 0) is 17.8 Å². The summed E-state index contributed by atoms with van der Waals surface area (Å²) in [6.07, 6.45) is 3.02. The van der Waals surface area contributed by atoms with Gasteiger partial charge in [-0.15, -0.1) is 6.58 Å². The molecule has 0 aromatic heterocycles. The SMILES string of the molecule is C=CCCC(=O)NCC(C)(C)COCC(C)(C)CC(=O)NCC(=O)NC(C(=C)N)C(C)C. The van der Waals surface area contributed by atoms with Crippen LogP contribution in [0.25, 0.3) is 0 Å². The Bertz CT molecular complexity index is 656. The summed E-state index contributed by atoms with van der Waals surface area (Å²) in [6.45, 7) is 20.3. The van der Waals surface area contributed by atoms with E-state index in [1.165, 1.54) is 0 Å². The molecule has 0 rings (SSSR count). The largest absolute Gasteiger partial charge is 0.401 e. The topological polar surface area (TPSA) is 123 Å². The highest BCUT2D eigenvalue weighted by atomic mass is 16.5. The minimum Gasteiger partial charge on any atom is -0.401 e. The fraction of sp³-hybridized carbons (Fsp3) is 0.708. The molecule has 0 aromatic rings. The molecule has 1 atom stereocenters. The summed E-state index contributed by atoms with van der Waals surface area (Å²) in [5, 5.41) is 8.33. The molecule has 0 spiro atoms. The third-order valence-corrected chi connectivity index (χ3v) is 4.79. The lowest BCUT2D eigenvalue weighted by Crippen LogP contribution is -2.46. The number of nitrogens with one attached hydrogen (secondary N) is 3. The maximum Gasteiger partial charge on any atom is 0.239 e. The van der Waals surface area contributed by atoms with Crippen molar-refractivity contribution < 1.29 is 19.1 Å². The van der Waals surface area contributed by atoms with Crippen LogP contribution in [-0.4, -0.2) is 50.1 Å². The number of hydrogen-bond donors (Lipinski definition) is 4. The Hall–Kier alpha value is -2.35. The number of rotatable bonds is 16. The Balaban J connectivity index is 4.35. The molecule has 1 unspecified atom stereocenters. The van der Waals surface area contributed by atoms with E-state index in [0.29, 0.717) is 38.3 Å². The van der Waals surface area contributed by atoms with E-state index in [4.69, 9.17) is 10.5 Å². The monoisotopic (exact) mass is 452 g/mol.